The Morgan fingerprint density at radius 1 is 1.38 bits per heavy atom. The van der Waals surface area contributed by atoms with E-state index >= 15 is 0 Å². The Morgan fingerprint density at radius 2 is 2.19 bits per heavy atom. The molecule has 1 spiro atoms. The number of amides is 6. The smallest absolute Gasteiger partial charge is 0.325 e. The maximum Gasteiger partial charge on any atom is 0.325 e. The fraction of sp³-hybridized carbons (Fsp3) is 0.529. The average molecular weight is 378 g/mol. The Balaban J connectivity index is 1.66. The topological polar surface area (TPSA) is 108 Å². The normalized spacial score (nSPS) is 21.5. The predicted octanol–water partition coefficient (Wildman–Crippen LogP) is 1.46. The average Bonchev–Trinajstić information content (AvgIpc) is 3.16. The number of thiophene rings is 1. The summed E-state index contributed by atoms with van der Waals surface area (Å²) in [5.74, 6) is -1.12. The van der Waals surface area contributed by atoms with Crippen LogP contribution in [0.15, 0.2) is 11.4 Å². The van der Waals surface area contributed by atoms with E-state index in [1.54, 1.807) is 11.3 Å². The Kier molecular flexibility index (Phi) is 5.26. The lowest BCUT2D eigenvalue weighted by Gasteiger charge is -2.31. The maximum atomic E-state index is 13.0. The Morgan fingerprint density at radius 3 is 2.96 bits per heavy atom. The molecule has 0 aromatic carbocycles. The van der Waals surface area contributed by atoms with Crippen LogP contribution in [0.2, 0.25) is 0 Å². The van der Waals surface area contributed by atoms with Gasteiger partial charge in [-0.3, -0.25) is 19.8 Å². The minimum atomic E-state index is -1.08. The highest BCUT2D eigenvalue weighted by molar-refractivity contribution is 7.10. The minimum absolute atomic E-state index is 0.427. The number of aryl methyl sites for hydroxylation is 1. The number of carbonyl (C=O) groups is 4. The number of rotatable bonds is 5. The standard InChI is InChI=1S/C17H22N4O4S/c1-2-3-8-18-15(24)19-13(22)10-21-14(23)17(20-16(21)25)7-4-5-12-11(17)6-9-26-12/h6,9H,2-5,7-8,10H2,1H3,(H,20,25)(H2,18,19,22,24)/t17-/m1/s1. The monoisotopic (exact) mass is 378 g/mol. The van der Waals surface area contributed by atoms with Crippen molar-refractivity contribution in [2.45, 2.75) is 44.6 Å². The van der Waals surface area contributed by atoms with Gasteiger partial charge in [0.15, 0.2) is 0 Å². The molecule has 0 unspecified atom stereocenters. The molecule has 1 saturated heterocycles. The molecule has 1 aliphatic carbocycles. The number of imide groups is 2. The van der Waals surface area contributed by atoms with E-state index in [1.807, 2.05) is 18.4 Å². The third-order valence-corrected chi connectivity index (χ3v) is 5.69. The quantitative estimate of drug-likeness (QED) is 0.532. The summed E-state index contributed by atoms with van der Waals surface area (Å²) in [4.78, 5) is 51.0. The molecule has 3 N–H and O–H groups in total. The SMILES string of the molecule is CCCCNC(=O)NC(=O)CN1C(=O)N[C@@]2(CCCc3sccc32)C1=O. The van der Waals surface area contributed by atoms with E-state index in [0.29, 0.717) is 13.0 Å². The minimum Gasteiger partial charge on any atom is -0.338 e. The molecule has 1 aromatic heterocycles. The molecule has 2 heterocycles. The molecule has 6 amide bonds. The largest absolute Gasteiger partial charge is 0.338 e. The Bertz CT molecular complexity index is 747. The Hall–Kier alpha value is -2.42. The molecule has 8 nitrogen and oxygen atoms in total. The van der Waals surface area contributed by atoms with Crippen molar-refractivity contribution in [3.63, 3.8) is 0 Å². The number of nitrogens with one attached hydrogen (secondary N) is 3. The first-order chi connectivity index (χ1) is 12.5. The van der Waals surface area contributed by atoms with Crippen molar-refractivity contribution in [2.24, 2.45) is 0 Å². The van der Waals surface area contributed by atoms with Crippen molar-refractivity contribution < 1.29 is 19.2 Å². The van der Waals surface area contributed by atoms with Crippen LogP contribution >= 0.6 is 11.3 Å². The van der Waals surface area contributed by atoms with Crippen LogP contribution in [0.25, 0.3) is 0 Å². The van der Waals surface area contributed by atoms with E-state index in [2.05, 4.69) is 16.0 Å². The van der Waals surface area contributed by atoms with Gasteiger partial charge in [-0.15, -0.1) is 11.3 Å². The van der Waals surface area contributed by atoms with Crippen LogP contribution in [0.4, 0.5) is 9.59 Å². The molecule has 140 valence electrons. The van der Waals surface area contributed by atoms with Crippen molar-refractivity contribution >= 4 is 35.2 Å². The molecule has 1 aromatic rings. The summed E-state index contributed by atoms with van der Waals surface area (Å²) in [7, 11) is 0. The van der Waals surface area contributed by atoms with Crippen molar-refractivity contribution in [1.82, 2.24) is 20.9 Å². The fourth-order valence-corrected chi connectivity index (χ4v) is 4.42. The van der Waals surface area contributed by atoms with Crippen LogP contribution in [0.5, 0.6) is 0 Å². The highest BCUT2D eigenvalue weighted by Crippen LogP contribution is 2.41. The summed E-state index contributed by atoms with van der Waals surface area (Å²) in [6.45, 7) is 1.97. The molecular weight excluding hydrogens is 356 g/mol. The van der Waals surface area contributed by atoms with Crippen molar-refractivity contribution in [1.29, 1.82) is 0 Å². The second-order valence-electron chi connectivity index (χ2n) is 6.50. The second kappa shape index (κ2) is 7.45. The van der Waals surface area contributed by atoms with Gasteiger partial charge >= 0.3 is 12.1 Å². The second-order valence-corrected chi connectivity index (χ2v) is 7.50. The molecular formula is C17H22N4O4S. The van der Waals surface area contributed by atoms with Crippen LogP contribution in [0, 0.1) is 0 Å². The number of hydrogen-bond donors (Lipinski definition) is 3. The van der Waals surface area contributed by atoms with Crippen LogP contribution < -0.4 is 16.0 Å². The molecule has 1 aliphatic heterocycles. The number of urea groups is 2. The zero-order valence-corrected chi connectivity index (χ0v) is 15.4. The summed E-state index contributed by atoms with van der Waals surface area (Å²) >= 11 is 1.57. The van der Waals surface area contributed by atoms with Gasteiger partial charge in [-0.2, -0.15) is 0 Å². The first kappa shape index (κ1) is 18.4. The van der Waals surface area contributed by atoms with Crippen molar-refractivity contribution in [3.05, 3.63) is 21.9 Å². The summed E-state index contributed by atoms with van der Waals surface area (Å²) in [6.07, 6.45) is 3.91. The van der Waals surface area contributed by atoms with Crippen LogP contribution in [-0.4, -0.2) is 41.9 Å². The third kappa shape index (κ3) is 3.31. The van der Waals surface area contributed by atoms with Crippen LogP contribution in [0.3, 0.4) is 0 Å². The molecule has 9 heteroatoms. The maximum absolute atomic E-state index is 13.0. The summed E-state index contributed by atoms with van der Waals surface area (Å²) in [5.41, 5.74) is -0.249. The summed E-state index contributed by atoms with van der Waals surface area (Å²) in [6, 6.07) is 0.640. The van der Waals surface area contributed by atoms with E-state index in [0.717, 1.165) is 41.0 Å². The van der Waals surface area contributed by atoms with Gasteiger partial charge in [0.1, 0.15) is 12.1 Å². The van der Waals surface area contributed by atoms with Crippen LogP contribution in [0.1, 0.15) is 43.0 Å². The Labute approximate surface area is 155 Å². The number of unbranched alkanes of at least 4 members (excludes halogenated alkanes) is 1. The van der Waals surface area contributed by atoms with Gasteiger partial charge < -0.3 is 10.6 Å². The summed E-state index contributed by atoms with van der Waals surface area (Å²) < 4.78 is 0. The third-order valence-electron chi connectivity index (χ3n) is 4.71. The van der Waals surface area contributed by atoms with Crippen molar-refractivity contribution in [3.8, 4) is 0 Å². The first-order valence-corrected chi connectivity index (χ1v) is 9.64. The van der Waals surface area contributed by atoms with E-state index < -0.39 is 36.0 Å². The molecule has 1 atom stereocenters. The molecule has 3 rings (SSSR count). The molecule has 0 radical (unpaired) electrons. The zero-order valence-electron chi connectivity index (χ0n) is 14.6. The number of carbonyl (C=O) groups excluding carboxylic acids is 4. The number of nitrogens with zero attached hydrogens (tertiary/aromatic N) is 1. The lowest BCUT2D eigenvalue weighted by Crippen LogP contribution is -2.48. The molecule has 0 bridgehead atoms. The van der Waals surface area contributed by atoms with E-state index in [4.69, 9.17) is 0 Å². The zero-order chi connectivity index (χ0) is 18.7. The summed E-state index contributed by atoms with van der Waals surface area (Å²) in [5, 5.41) is 9.39. The number of fused-ring (bicyclic) bond motifs is 2. The predicted molar refractivity (Wildman–Crippen MR) is 95.6 cm³/mol. The highest BCUT2D eigenvalue weighted by Gasteiger charge is 2.54. The van der Waals surface area contributed by atoms with Gasteiger partial charge in [0.05, 0.1) is 0 Å². The first-order valence-electron chi connectivity index (χ1n) is 8.76. The molecule has 26 heavy (non-hydrogen) atoms. The van der Waals surface area contributed by atoms with Gasteiger partial charge in [0.2, 0.25) is 5.91 Å². The van der Waals surface area contributed by atoms with E-state index in [9.17, 15) is 19.2 Å². The van der Waals surface area contributed by atoms with Gasteiger partial charge in [0, 0.05) is 17.0 Å². The molecule has 2 aliphatic rings. The fourth-order valence-electron chi connectivity index (χ4n) is 3.42. The van der Waals surface area contributed by atoms with Crippen LogP contribution in [-0.2, 0) is 21.5 Å². The van der Waals surface area contributed by atoms with E-state index in [1.165, 1.54) is 0 Å². The lowest BCUT2D eigenvalue weighted by molar-refractivity contribution is -0.135. The van der Waals surface area contributed by atoms with E-state index in [-0.39, 0.29) is 0 Å². The lowest BCUT2D eigenvalue weighted by atomic mass is 9.80. The number of hydrogen-bond acceptors (Lipinski definition) is 5. The van der Waals surface area contributed by atoms with Crippen molar-refractivity contribution in [2.75, 3.05) is 13.1 Å². The van der Waals surface area contributed by atoms with Gasteiger partial charge in [0.25, 0.3) is 5.91 Å². The van der Waals surface area contributed by atoms with Gasteiger partial charge in [-0.25, -0.2) is 9.59 Å². The molecule has 1 fully saturated rings. The highest BCUT2D eigenvalue weighted by atomic mass is 32.1. The van der Waals surface area contributed by atoms with Gasteiger partial charge in [-0.05, 0) is 37.1 Å². The molecule has 0 saturated carbocycles. The van der Waals surface area contributed by atoms with Gasteiger partial charge in [-0.1, -0.05) is 13.3 Å².